The lowest BCUT2D eigenvalue weighted by atomic mass is 9.55. The summed E-state index contributed by atoms with van der Waals surface area (Å²) in [4.78, 5) is 36.2. The van der Waals surface area contributed by atoms with E-state index in [1.54, 1.807) is 37.5 Å². The fourth-order valence-electron chi connectivity index (χ4n) is 10.8. The van der Waals surface area contributed by atoms with Crippen molar-refractivity contribution >= 4 is 23.4 Å². The number of hydrogen-bond donors (Lipinski definition) is 3. The molecule has 2 fully saturated rings. The average molecular weight is 946 g/mol. The van der Waals surface area contributed by atoms with Crippen molar-refractivity contribution < 1.29 is 53.1 Å². The molecule has 3 N–H and O–H groups in total. The molecule has 2 aliphatic carbocycles. The topological polar surface area (TPSA) is 167 Å². The molecule has 14 heteroatoms. The Bertz CT molecular complexity index is 1980. The Balaban J connectivity index is 1.42. The van der Waals surface area contributed by atoms with Gasteiger partial charge in [-0.1, -0.05) is 88.4 Å². The second-order valence-electron chi connectivity index (χ2n) is 18.8. The molecule has 0 radical (unpaired) electrons. The van der Waals surface area contributed by atoms with Crippen LogP contribution in [0.5, 0.6) is 23.0 Å². The Morgan fingerprint density at radius 1 is 0.912 bits per heavy atom. The first-order valence-electron chi connectivity index (χ1n) is 25.5. The van der Waals surface area contributed by atoms with Gasteiger partial charge in [-0.15, -0.1) is 6.58 Å². The minimum absolute atomic E-state index is 0.00145. The van der Waals surface area contributed by atoms with Gasteiger partial charge in [-0.2, -0.15) is 0 Å². The summed E-state index contributed by atoms with van der Waals surface area (Å²) in [5, 5.41) is 27.7. The Labute approximate surface area is 404 Å². The summed E-state index contributed by atoms with van der Waals surface area (Å²) in [6.45, 7) is 7.20. The zero-order chi connectivity index (χ0) is 48.3. The molecular formula is C54H79N3O11. The van der Waals surface area contributed by atoms with Crippen LogP contribution in [0.3, 0.4) is 0 Å². The highest BCUT2D eigenvalue weighted by molar-refractivity contribution is 6.03. The third-order valence-electron chi connectivity index (χ3n) is 14.3. The minimum Gasteiger partial charge on any atom is -0.497 e. The SMILES string of the molecule is C=CCO[C@@]12Oc3ccc(OC(=O)Nc4ccc(OC)cc4OC)cc3[C@H]3[C@H](CCCCO)[C@@H](CCCCO)C=C(C(=NOC4CCCCO4)C[C@@H]1N(C)C(=O)CCCCCCCCCCC)[C@H]32. The Hall–Kier alpha value is -4.63. The Morgan fingerprint density at radius 2 is 1.65 bits per heavy atom. The van der Waals surface area contributed by atoms with E-state index in [0.717, 1.165) is 75.3 Å². The first kappa shape index (κ1) is 52.7. The standard InChI is InChI=1S/C54H79N3O11/c1-6-8-9-10-11-12-13-14-15-24-49(60)57(3)48-37-45(56-68-50-25-18-21-33-64-50)42-34-38(22-16-19-30-58)41(23-17-20-31-59)51-43-35-40(27-29-46(43)67-54(48,52(42)51)65-32-7-2)66-53(61)55-44-28-26-39(62-4)36-47(44)63-5/h7,26-29,34-36,38,41,48,50-52,58-59H,2,6,8-25,30-33,37H2,1,3-5H3,(H,55,61)/t38-,41+,48-,50?,51+,52+,54+/m0/s1. The molecule has 2 amide bonds. The van der Waals surface area contributed by atoms with Crippen LogP contribution in [-0.2, 0) is 19.1 Å². The number of aliphatic hydroxyl groups excluding tert-OH is 2. The first-order valence-corrected chi connectivity index (χ1v) is 25.5. The summed E-state index contributed by atoms with van der Waals surface area (Å²) >= 11 is 0. The second-order valence-corrected chi connectivity index (χ2v) is 18.8. The van der Waals surface area contributed by atoms with Crippen molar-refractivity contribution in [3.8, 4) is 23.0 Å². The third-order valence-corrected chi connectivity index (χ3v) is 14.3. The lowest BCUT2D eigenvalue weighted by molar-refractivity contribution is -0.256. The molecule has 7 atom stereocenters. The monoisotopic (exact) mass is 946 g/mol. The van der Waals surface area contributed by atoms with E-state index in [2.05, 4.69) is 24.9 Å². The van der Waals surface area contributed by atoms with Gasteiger partial charge in [-0.05, 0) is 92.7 Å². The predicted octanol–water partition coefficient (Wildman–Crippen LogP) is 10.9. The number of methoxy groups -OCH3 is 2. The number of hydrogen-bond acceptors (Lipinski definition) is 12. The van der Waals surface area contributed by atoms with Gasteiger partial charge >= 0.3 is 6.09 Å². The fraction of sp³-hybridized carbons (Fsp3) is 0.648. The lowest BCUT2D eigenvalue weighted by Gasteiger charge is -2.59. The number of carbonyl (C=O) groups excluding carboxylic acids is 2. The number of benzene rings is 2. The van der Waals surface area contributed by atoms with E-state index in [0.29, 0.717) is 66.7 Å². The van der Waals surface area contributed by atoms with Gasteiger partial charge in [0.1, 0.15) is 29.0 Å². The lowest BCUT2D eigenvalue weighted by Crippen LogP contribution is -2.69. The molecule has 376 valence electrons. The molecule has 2 aliphatic heterocycles. The number of nitrogens with zero attached hydrogens (tertiary/aromatic N) is 2. The molecule has 1 saturated heterocycles. The van der Waals surface area contributed by atoms with Crippen molar-refractivity contribution in [1.29, 1.82) is 0 Å². The molecule has 1 saturated carbocycles. The smallest absolute Gasteiger partial charge is 0.417 e. The van der Waals surface area contributed by atoms with Crippen molar-refractivity contribution in [3.05, 3.63) is 66.3 Å². The molecule has 0 spiro atoms. The number of fused-ring (bicyclic) bond motifs is 2. The largest absolute Gasteiger partial charge is 0.497 e. The first-order chi connectivity index (χ1) is 33.2. The molecule has 2 aromatic carbocycles. The Kier molecular flexibility index (Phi) is 20.9. The maximum atomic E-state index is 14.5. The molecule has 2 heterocycles. The number of amides is 2. The molecule has 14 nitrogen and oxygen atoms in total. The predicted molar refractivity (Wildman–Crippen MR) is 263 cm³/mol. The van der Waals surface area contributed by atoms with Gasteiger partial charge in [-0.25, -0.2) is 4.79 Å². The van der Waals surface area contributed by atoms with Crippen molar-refractivity contribution in [2.45, 2.75) is 159 Å². The van der Waals surface area contributed by atoms with Crippen molar-refractivity contribution in [2.75, 3.05) is 53.0 Å². The maximum Gasteiger partial charge on any atom is 0.417 e. The summed E-state index contributed by atoms with van der Waals surface area (Å²) in [7, 11) is 4.93. The van der Waals surface area contributed by atoms with Gasteiger partial charge in [0.25, 0.3) is 0 Å². The molecule has 1 unspecified atom stereocenters. The van der Waals surface area contributed by atoms with E-state index in [1.807, 2.05) is 24.1 Å². The number of rotatable bonds is 28. The number of likely N-dealkylation sites (N-methyl/N-ethyl adjacent to an activating group) is 1. The van der Waals surface area contributed by atoms with E-state index in [1.165, 1.54) is 45.6 Å². The number of allylic oxidation sites excluding steroid dienone is 1. The fourth-order valence-corrected chi connectivity index (χ4v) is 10.8. The number of nitrogens with one attached hydrogen (secondary N) is 1. The average Bonchev–Trinajstić information content (AvgIpc) is 3.35. The van der Waals surface area contributed by atoms with Gasteiger partial charge in [0.2, 0.25) is 18.0 Å². The summed E-state index contributed by atoms with van der Waals surface area (Å²) in [6, 6.07) is 9.91. The van der Waals surface area contributed by atoms with E-state index >= 15 is 0 Å². The van der Waals surface area contributed by atoms with Gasteiger partial charge in [0.15, 0.2) is 0 Å². The van der Waals surface area contributed by atoms with Crippen molar-refractivity contribution in [3.63, 3.8) is 0 Å². The van der Waals surface area contributed by atoms with Crippen molar-refractivity contribution in [2.24, 2.45) is 22.9 Å². The highest BCUT2D eigenvalue weighted by Gasteiger charge is 2.65. The molecule has 0 bridgehead atoms. The van der Waals surface area contributed by atoms with Gasteiger partial charge in [0.05, 0.1) is 44.8 Å². The van der Waals surface area contributed by atoms with E-state index < -0.39 is 30.1 Å². The van der Waals surface area contributed by atoms with Gasteiger partial charge in [0, 0.05) is 57.1 Å². The third kappa shape index (κ3) is 13.4. The number of aliphatic hydroxyl groups is 2. The number of unbranched alkanes of at least 4 members (excludes halogenated alkanes) is 10. The molecule has 68 heavy (non-hydrogen) atoms. The van der Waals surface area contributed by atoms with Crippen LogP contribution >= 0.6 is 0 Å². The highest BCUT2D eigenvalue weighted by atomic mass is 16.8. The molecule has 6 rings (SSSR count). The van der Waals surface area contributed by atoms with Crippen molar-refractivity contribution in [1.82, 2.24) is 4.90 Å². The van der Waals surface area contributed by atoms with Crippen LogP contribution in [-0.4, -0.2) is 98.6 Å². The van der Waals surface area contributed by atoms with Crippen LogP contribution in [0.2, 0.25) is 0 Å². The summed E-state index contributed by atoms with van der Waals surface area (Å²) in [5.41, 5.74) is 2.90. The number of oxime groups is 1. The van der Waals surface area contributed by atoms with Crippen LogP contribution in [0.15, 0.2) is 65.9 Å². The van der Waals surface area contributed by atoms with Crippen LogP contribution in [0.1, 0.15) is 147 Å². The van der Waals surface area contributed by atoms with E-state index in [-0.39, 0.29) is 43.5 Å². The normalized spacial score (nSPS) is 24.4. The summed E-state index contributed by atoms with van der Waals surface area (Å²) in [5.74, 6) is -0.238. The van der Waals surface area contributed by atoms with Crippen LogP contribution in [0.25, 0.3) is 0 Å². The van der Waals surface area contributed by atoms with Crippen LogP contribution < -0.4 is 24.3 Å². The Morgan fingerprint density at radius 3 is 2.34 bits per heavy atom. The van der Waals surface area contributed by atoms with Gasteiger partial charge in [-0.3, -0.25) is 10.1 Å². The van der Waals surface area contributed by atoms with E-state index in [4.69, 9.17) is 38.4 Å². The zero-order valence-corrected chi connectivity index (χ0v) is 41.2. The number of anilines is 1. The second kappa shape index (κ2) is 26.9. The summed E-state index contributed by atoms with van der Waals surface area (Å²) in [6.07, 6.45) is 21.0. The quantitative estimate of drug-likeness (QED) is 0.0422. The maximum absolute atomic E-state index is 14.5. The highest BCUT2D eigenvalue weighted by Crippen LogP contribution is 2.62. The number of ether oxygens (including phenoxy) is 6. The van der Waals surface area contributed by atoms with Crippen LogP contribution in [0, 0.1) is 17.8 Å². The molecule has 4 aliphatic rings. The molecule has 2 aromatic rings. The van der Waals surface area contributed by atoms with Crippen LogP contribution in [0.4, 0.5) is 10.5 Å². The van der Waals surface area contributed by atoms with Gasteiger partial charge < -0.3 is 48.4 Å². The number of carbonyl (C=O) groups is 2. The van der Waals surface area contributed by atoms with E-state index in [9.17, 15) is 19.8 Å². The summed E-state index contributed by atoms with van der Waals surface area (Å²) < 4.78 is 37.3. The minimum atomic E-state index is -1.38. The molecule has 0 aromatic heterocycles. The zero-order valence-electron chi connectivity index (χ0n) is 41.2. The molecular weight excluding hydrogens is 867 g/mol.